The van der Waals surface area contributed by atoms with Crippen molar-refractivity contribution in [3.63, 3.8) is 0 Å². The second-order valence-corrected chi connectivity index (χ2v) is 2.80. The first kappa shape index (κ1) is 10.6. The van der Waals surface area contributed by atoms with Gasteiger partial charge in [0, 0.05) is 12.7 Å². The summed E-state index contributed by atoms with van der Waals surface area (Å²) >= 11 is 0. The Labute approximate surface area is 77.5 Å². The minimum Gasteiger partial charge on any atom is -0.382 e. The Hall–Kier alpha value is -1.53. The molecule has 0 spiro atoms. The summed E-state index contributed by atoms with van der Waals surface area (Å²) in [5.41, 5.74) is 4.72. The Balaban J connectivity index is 3.27. The van der Waals surface area contributed by atoms with Crippen LogP contribution < -0.4 is 5.73 Å². The first-order valence-electron chi connectivity index (χ1n) is 3.65. The lowest BCUT2D eigenvalue weighted by molar-refractivity contribution is -0.0885. The fourth-order valence-electron chi connectivity index (χ4n) is 1.06. The number of Topliss-reactive ketones (excluding diaryl/α,β-unsaturated/α-hetero) is 1. The summed E-state index contributed by atoms with van der Waals surface area (Å²) in [5.74, 6) is -2.35. The van der Waals surface area contributed by atoms with Crippen molar-refractivity contribution in [2.24, 2.45) is 7.05 Å². The first-order chi connectivity index (χ1) is 6.25. The van der Waals surface area contributed by atoms with Crippen LogP contribution in [0.5, 0.6) is 0 Å². The number of alkyl halides is 3. The third-order valence-corrected chi connectivity index (χ3v) is 1.85. The number of carbonyl (C=O) groups excluding carboxylic acids is 1. The number of aryl methyl sites for hydroxylation is 1. The number of nitrogens with two attached hydrogens (primary N) is 1. The van der Waals surface area contributed by atoms with E-state index in [2.05, 4.69) is 5.10 Å². The topological polar surface area (TPSA) is 60.9 Å². The largest absolute Gasteiger partial charge is 0.455 e. The highest BCUT2D eigenvalue weighted by atomic mass is 19.4. The molecular weight excluding hydrogens is 199 g/mol. The quantitative estimate of drug-likeness (QED) is 0.700. The zero-order chi connectivity index (χ0) is 11.1. The normalized spacial score (nSPS) is 11.8. The molecule has 0 atom stereocenters. The highest BCUT2D eigenvalue weighted by Gasteiger charge is 2.42. The number of ketones is 1. The van der Waals surface area contributed by atoms with Gasteiger partial charge >= 0.3 is 6.18 Å². The van der Waals surface area contributed by atoms with Gasteiger partial charge in [0.15, 0.2) is 5.82 Å². The molecule has 0 fully saturated rings. The van der Waals surface area contributed by atoms with Crippen LogP contribution in [-0.2, 0) is 7.05 Å². The molecule has 0 amide bonds. The summed E-state index contributed by atoms with van der Waals surface area (Å²) in [6.07, 6.45) is -4.91. The third-order valence-electron chi connectivity index (χ3n) is 1.85. The van der Waals surface area contributed by atoms with Crippen LogP contribution in [0.15, 0.2) is 0 Å². The number of halogens is 3. The molecule has 7 heteroatoms. The van der Waals surface area contributed by atoms with E-state index in [-0.39, 0.29) is 5.69 Å². The zero-order valence-corrected chi connectivity index (χ0v) is 7.51. The summed E-state index contributed by atoms with van der Waals surface area (Å²) in [7, 11) is 1.42. The molecule has 1 rings (SSSR count). The predicted octanol–water partition coefficient (Wildman–Crippen LogP) is 1.06. The van der Waals surface area contributed by atoms with E-state index in [4.69, 9.17) is 5.73 Å². The molecule has 0 aromatic carbocycles. The van der Waals surface area contributed by atoms with Crippen LogP contribution in [0.3, 0.4) is 0 Å². The molecule has 4 nitrogen and oxygen atoms in total. The van der Waals surface area contributed by atoms with Gasteiger partial charge in [-0.1, -0.05) is 0 Å². The fraction of sp³-hybridized carbons (Fsp3) is 0.429. The maximum absolute atomic E-state index is 12.1. The van der Waals surface area contributed by atoms with Crippen molar-refractivity contribution in [1.29, 1.82) is 0 Å². The maximum atomic E-state index is 12.1. The van der Waals surface area contributed by atoms with Crippen LogP contribution in [0, 0.1) is 6.92 Å². The van der Waals surface area contributed by atoms with E-state index in [1.807, 2.05) is 0 Å². The number of nitrogens with zero attached hydrogens (tertiary/aromatic N) is 2. The minimum absolute atomic E-state index is 0.102. The summed E-state index contributed by atoms with van der Waals surface area (Å²) in [6.45, 7) is 1.35. The first-order valence-corrected chi connectivity index (χ1v) is 3.65. The lowest BCUT2D eigenvalue weighted by Crippen LogP contribution is -2.24. The van der Waals surface area contributed by atoms with Crippen LogP contribution in [0.25, 0.3) is 0 Å². The molecule has 0 aliphatic carbocycles. The molecule has 0 unspecified atom stereocenters. The van der Waals surface area contributed by atoms with Gasteiger partial charge in [-0.2, -0.15) is 18.3 Å². The van der Waals surface area contributed by atoms with Crippen molar-refractivity contribution >= 4 is 11.6 Å². The summed E-state index contributed by atoms with van der Waals surface area (Å²) in [4.78, 5) is 10.9. The van der Waals surface area contributed by atoms with E-state index in [1.54, 1.807) is 0 Å². The van der Waals surface area contributed by atoms with Crippen molar-refractivity contribution in [3.05, 3.63) is 11.3 Å². The average molecular weight is 207 g/mol. The monoisotopic (exact) mass is 207 g/mol. The molecule has 0 bridgehead atoms. The fourth-order valence-corrected chi connectivity index (χ4v) is 1.06. The van der Waals surface area contributed by atoms with Crippen LogP contribution in [0.4, 0.5) is 19.0 Å². The van der Waals surface area contributed by atoms with Gasteiger partial charge in [-0.15, -0.1) is 0 Å². The van der Waals surface area contributed by atoms with E-state index in [1.165, 1.54) is 14.0 Å². The standard InChI is InChI=1S/C7H8F3N3O/c1-3-4(5(14)7(8,9)10)6(11)12-13(3)2/h1-2H3,(H2,11,12). The van der Waals surface area contributed by atoms with Gasteiger partial charge in [0.1, 0.15) is 0 Å². The Morgan fingerprint density at radius 3 is 2.29 bits per heavy atom. The smallest absolute Gasteiger partial charge is 0.382 e. The Kier molecular flexibility index (Phi) is 2.26. The van der Waals surface area contributed by atoms with Crippen LogP contribution in [-0.4, -0.2) is 21.7 Å². The van der Waals surface area contributed by atoms with Crippen molar-refractivity contribution < 1.29 is 18.0 Å². The number of rotatable bonds is 1. The van der Waals surface area contributed by atoms with E-state index in [0.717, 1.165) is 4.68 Å². The number of nitrogen functional groups attached to an aromatic ring is 1. The molecule has 1 aromatic rings. The molecular formula is C7H8F3N3O. The number of anilines is 1. The van der Waals surface area contributed by atoms with Gasteiger partial charge in [0.05, 0.1) is 5.56 Å². The highest BCUT2D eigenvalue weighted by molar-refractivity contribution is 6.04. The number of carbonyl (C=O) groups is 1. The number of aromatic nitrogens is 2. The Morgan fingerprint density at radius 2 is 2.00 bits per heavy atom. The molecule has 0 aliphatic rings. The SMILES string of the molecule is Cc1c(C(=O)C(F)(F)F)c(N)nn1C. The number of hydrogen-bond acceptors (Lipinski definition) is 3. The molecule has 0 aliphatic heterocycles. The molecule has 2 N–H and O–H groups in total. The molecule has 0 radical (unpaired) electrons. The molecule has 0 saturated carbocycles. The van der Waals surface area contributed by atoms with Crippen molar-refractivity contribution in [1.82, 2.24) is 9.78 Å². The summed E-state index contributed by atoms with van der Waals surface area (Å²) < 4.78 is 37.3. The summed E-state index contributed by atoms with van der Waals surface area (Å²) in [5, 5.41) is 3.52. The van der Waals surface area contributed by atoms with Crippen molar-refractivity contribution in [2.45, 2.75) is 13.1 Å². The average Bonchev–Trinajstić information content (AvgIpc) is 2.24. The second kappa shape index (κ2) is 3.00. The van der Waals surface area contributed by atoms with Crippen molar-refractivity contribution in [2.75, 3.05) is 5.73 Å². The van der Waals surface area contributed by atoms with Gasteiger partial charge in [0.25, 0.3) is 5.78 Å². The molecule has 1 heterocycles. The minimum atomic E-state index is -4.91. The molecule has 1 aromatic heterocycles. The molecule has 14 heavy (non-hydrogen) atoms. The lowest BCUT2D eigenvalue weighted by Gasteiger charge is -2.04. The molecule has 78 valence electrons. The van der Waals surface area contributed by atoms with Gasteiger partial charge in [0.2, 0.25) is 0 Å². The van der Waals surface area contributed by atoms with Gasteiger partial charge in [-0.25, -0.2) is 0 Å². The Bertz CT molecular complexity index is 380. The Morgan fingerprint density at radius 1 is 1.50 bits per heavy atom. The third kappa shape index (κ3) is 1.57. The van der Waals surface area contributed by atoms with E-state index in [0.29, 0.717) is 0 Å². The van der Waals surface area contributed by atoms with E-state index >= 15 is 0 Å². The van der Waals surface area contributed by atoms with E-state index in [9.17, 15) is 18.0 Å². The maximum Gasteiger partial charge on any atom is 0.455 e. The number of hydrogen-bond donors (Lipinski definition) is 1. The van der Waals surface area contributed by atoms with Gasteiger partial charge in [-0.3, -0.25) is 9.48 Å². The molecule has 0 saturated heterocycles. The van der Waals surface area contributed by atoms with Crippen molar-refractivity contribution in [3.8, 4) is 0 Å². The van der Waals surface area contributed by atoms with Crippen LogP contribution >= 0.6 is 0 Å². The lowest BCUT2D eigenvalue weighted by atomic mass is 10.1. The second-order valence-electron chi connectivity index (χ2n) is 2.80. The van der Waals surface area contributed by atoms with E-state index < -0.39 is 23.3 Å². The zero-order valence-electron chi connectivity index (χ0n) is 7.51. The summed E-state index contributed by atoms with van der Waals surface area (Å²) in [6, 6.07) is 0. The van der Waals surface area contributed by atoms with Gasteiger partial charge < -0.3 is 5.73 Å². The van der Waals surface area contributed by atoms with Gasteiger partial charge in [-0.05, 0) is 6.92 Å². The highest BCUT2D eigenvalue weighted by Crippen LogP contribution is 2.26. The van der Waals surface area contributed by atoms with Crippen LogP contribution in [0.1, 0.15) is 16.1 Å². The predicted molar refractivity (Wildman–Crippen MR) is 42.7 cm³/mol. The van der Waals surface area contributed by atoms with Crippen LogP contribution in [0.2, 0.25) is 0 Å².